The van der Waals surface area contributed by atoms with Crippen molar-refractivity contribution in [2.24, 2.45) is 0 Å². The molecule has 0 spiro atoms. The van der Waals surface area contributed by atoms with Gasteiger partial charge in [0.05, 0.1) is 12.3 Å². The van der Waals surface area contributed by atoms with Gasteiger partial charge in [-0.05, 0) is 56.1 Å². The first-order valence-corrected chi connectivity index (χ1v) is 8.80. The summed E-state index contributed by atoms with van der Waals surface area (Å²) in [6.07, 6.45) is 4.63. The predicted molar refractivity (Wildman–Crippen MR) is 95.5 cm³/mol. The van der Waals surface area contributed by atoms with Crippen LogP contribution < -0.4 is 10.6 Å². The summed E-state index contributed by atoms with van der Waals surface area (Å²) < 4.78 is 5.55. The van der Waals surface area contributed by atoms with Crippen molar-refractivity contribution in [1.29, 1.82) is 0 Å². The molecule has 1 unspecified atom stereocenters. The Balaban J connectivity index is 1.46. The van der Waals surface area contributed by atoms with Crippen molar-refractivity contribution in [3.8, 4) is 5.75 Å². The van der Waals surface area contributed by atoms with Crippen molar-refractivity contribution >= 4 is 6.03 Å². The Morgan fingerprint density at radius 1 is 1.16 bits per heavy atom. The molecule has 2 amide bonds. The Bertz CT molecular complexity index is 666. The van der Waals surface area contributed by atoms with Gasteiger partial charge in [0, 0.05) is 13.1 Å². The van der Waals surface area contributed by atoms with Gasteiger partial charge in [-0.25, -0.2) is 4.79 Å². The lowest BCUT2D eigenvalue weighted by molar-refractivity contribution is 0.203. The summed E-state index contributed by atoms with van der Waals surface area (Å²) in [6.45, 7) is 3.04. The van der Waals surface area contributed by atoms with Gasteiger partial charge in [-0.1, -0.05) is 18.2 Å². The quantitative estimate of drug-likeness (QED) is 0.722. The summed E-state index contributed by atoms with van der Waals surface area (Å²) in [4.78, 5) is 14.4. The van der Waals surface area contributed by atoms with E-state index in [0.29, 0.717) is 19.5 Å². The number of phenolic OH excluding ortho intramolecular Hbond substituents is 1. The zero-order valence-corrected chi connectivity index (χ0v) is 14.3. The van der Waals surface area contributed by atoms with E-state index in [1.807, 2.05) is 24.3 Å². The minimum atomic E-state index is -0.203. The van der Waals surface area contributed by atoms with Crippen LogP contribution >= 0.6 is 0 Å². The van der Waals surface area contributed by atoms with Gasteiger partial charge < -0.3 is 20.2 Å². The molecule has 6 nitrogen and oxygen atoms in total. The summed E-state index contributed by atoms with van der Waals surface area (Å²) in [7, 11) is 0. The van der Waals surface area contributed by atoms with Gasteiger partial charge in [-0.3, -0.25) is 4.90 Å². The maximum Gasteiger partial charge on any atom is 0.314 e. The van der Waals surface area contributed by atoms with E-state index in [2.05, 4.69) is 15.5 Å². The number of nitrogens with one attached hydrogen (secondary N) is 2. The minimum Gasteiger partial charge on any atom is -0.508 e. The molecule has 0 aliphatic carbocycles. The number of para-hydroxylation sites is 1. The van der Waals surface area contributed by atoms with Crippen molar-refractivity contribution in [3.63, 3.8) is 0 Å². The number of aromatic hydroxyl groups is 1. The number of carbonyl (C=O) groups excluding carboxylic acids is 1. The largest absolute Gasteiger partial charge is 0.508 e. The first-order valence-electron chi connectivity index (χ1n) is 8.80. The van der Waals surface area contributed by atoms with E-state index in [4.69, 9.17) is 4.42 Å². The van der Waals surface area contributed by atoms with Crippen molar-refractivity contribution in [1.82, 2.24) is 15.5 Å². The molecule has 0 radical (unpaired) electrons. The molecule has 25 heavy (non-hydrogen) atoms. The Kier molecular flexibility index (Phi) is 5.95. The van der Waals surface area contributed by atoms with Gasteiger partial charge in [-0.2, -0.15) is 0 Å². The summed E-state index contributed by atoms with van der Waals surface area (Å²) in [5, 5.41) is 15.5. The average molecular weight is 343 g/mol. The zero-order valence-electron chi connectivity index (χ0n) is 14.3. The maximum atomic E-state index is 12.1. The van der Waals surface area contributed by atoms with Gasteiger partial charge in [-0.15, -0.1) is 0 Å². The van der Waals surface area contributed by atoms with Crippen LogP contribution in [0, 0.1) is 0 Å². The fourth-order valence-corrected chi connectivity index (χ4v) is 3.23. The van der Waals surface area contributed by atoms with Gasteiger partial charge in [0.2, 0.25) is 0 Å². The number of urea groups is 1. The second kappa shape index (κ2) is 8.58. The number of likely N-dealkylation sites (tertiary alicyclic amines) is 1. The molecule has 1 aromatic carbocycles. The monoisotopic (exact) mass is 343 g/mol. The number of nitrogens with zero attached hydrogens (tertiary/aromatic N) is 1. The third-order valence-corrected chi connectivity index (χ3v) is 4.58. The maximum absolute atomic E-state index is 12.1. The lowest BCUT2D eigenvalue weighted by atomic mass is 10.1. The Hall–Kier alpha value is -2.47. The van der Waals surface area contributed by atoms with Crippen molar-refractivity contribution < 1.29 is 14.3 Å². The molecule has 0 bridgehead atoms. The standard InChI is InChI=1S/C19H25N3O3/c23-17-7-2-1-6-15(17)9-10-20-19(24)21-14-16(18-8-5-13-25-18)22-11-3-4-12-22/h1-2,5-8,13,16,23H,3-4,9-12,14H2,(H2,20,21,24). The highest BCUT2D eigenvalue weighted by atomic mass is 16.3. The van der Waals surface area contributed by atoms with Crippen LogP contribution in [-0.2, 0) is 6.42 Å². The Morgan fingerprint density at radius 2 is 1.96 bits per heavy atom. The molecule has 3 rings (SSSR count). The number of hydrogen-bond acceptors (Lipinski definition) is 4. The van der Waals surface area contributed by atoms with Crippen molar-refractivity contribution in [2.75, 3.05) is 26.2 Å². The zero-order chi connectivity index (χ0) is 17.5. The van der Waals surface area contributed by atoms with Crippen LogP contribution in [0.3, 0.4) is 0 Å². The molecule has 1 aliphatic heterocycles. The normalized spacial score (nSPS) is 15.8. The molecule has 3 N–H and O–H groups in total. The van der Waals surface area contributed by atoms with E-state index >= 15 is 0 Å². The second-order valence-corrected chi connectivity index (χ2v) is 6.29. The molecule has 1 atom stereocenters. The van der Waals surface area contributed by atoms with E-state index in [0.717, 1.165) is 24.4 Å². The highest BCUT2D eigenvalue weighted by Gasteiger charge is 2.25. The van der Waals surface area contributed by atoms with Crippen molar-refractivity contribution in [3.05, 3.63) is 54.0 Å². The van der Waals surface area contributed by atoms with Gasteiger partial charge in [0.25, 0.3) is 0 Å². The number of carbonyl (C=O) groups is 1. The number of furan rings is 1. The first kappa shape index (κ1) is 17.4. The molecule has 134 valence electrons. The molecule has 6 heteroatoms. The van der Waals surface area contributed by atoms with Gasteiger partial charge >= 0.3 is 6.03 Å². The summed E-state index contributed by atoms with van der Waals surface area (Å²) in [5.41, 5.74) is 0.827. The molecular weight excluding hydrogens is 318 g/mol. The topological polar surface area (TPSA) is 77.7 Å². The second-order valence-electron chi connectivity index (χ2n) is 6.29. The number of phenols is 1. The molecule has 2 aromatic rings. The Labute approximate surface area is 147 Å². The van der Waals surface area contributed by atoms with Crippen LogP contribution in [0.2, 0.25) is 0 Å². The number of hydrogen-bond donors (Lipinski definition) is 3. The number of benzene rings is 1. The highest BCUT2D eigenvalue weighted by Crippen LogP contribution is 2.24. The molecular formula is C19H25N3O3. The van der Waals surface area contributed by atoms with E-state index in [1.165, 1.54) is 12.8 Å². The van der Waals surface area contributed by atoms with E-state index in [9.17, 15) is 9.90 Å². The van der Waals surface area contributed by atoms with Crippen LogP contribution in [0.5, 0.6) is 5.75 Å². The fourth-order valence-electron chi connectivity index (χ4n) is 3.23. The van der Waals surface area contributed by atoms with Crippen LogP contribution in [0.4, 0.5) is 4.79 Å². The summed E-state index contributed by atoms with van der Waals surface area (Å²) >= 11 is 0. The third kappa shape index (κ3) is 4.76. The lowest BCUT2D eigenvalue weighted by Gasteiger charge is -2.26. The van der Waals surface area contributed by atoms with Crippen LogP contribution in [0.15, 0.2) is 47.1 Å². The molecule has 2 heterocycles. The van der Waals surface area contributed by atoms with Crippen LogP contribution in [-0.4, -0.2) is 42.2 Å². The third-order valence-electron chi connectivity index (χ3n) is 4.58. The smallest absolute Gasteiger partial charge is 0.314 e. The SMILES string of the molecule is O=C(NCCc1ccccc1O)NCC(c1ccco1)N1CCCC1. The number of amides is 2. The molecule has 1 saturated heterocycles. The molecule has 0 saturated carbocycles. The predicted octanol–water partition coefficient (Wildman–Crippen LogP) is 2.66. The minimum absolute atomic E-state index is 0.0708. The van der Waals surface area contributed by atoms with Crippen LogP contribution in [0.1, 0.15) is 30.2 Å². The van der Waals surface area contributed by atoms with Gasteiger partial charge in [0.15, 0.2) is 0 Å². The molecule has 1 aromatic heterocycles. The molecule has 1 aliphatic rings. The first-order chi connectivity index (χ1) is 12.2. The number of rotatable bonds is 7. The van der Waals surface area contributed by atoms with Gasteiger partial charge in [0.1, 0.15) is 11.5 Å². The Morgan fingerprint density at radius 3 is 2.68 bits per heavy atom. The summed E-state index contributed by atoms with van der Waals surface area (Å²) in [5.74, 6) is 1.15. The summed E-state index contributed by atoms with van der Waals surface area (Å²) in [6, 6.07) is 10.9. The van der Waals surface area contributed by atoms with Crippen molar-refractivity contribution in [2.45, 2.75) is 25.3 Å². The lowest BCUT2D eigenvalue weighted by Crippen LogP contribution is -2.42. The van der Waals surface area contributed by atoms with Crippen LogP contribution in [0.25, 0.3) is 0 Å². The van der Waals surface area contributed by atoms with E-state index in [1.54, 1.807) is 18.4 Å². The fraction of sp³-hybridized carbons (Fsp3) is 0.421. The highest BCUT2D eigenvalue weighted by molar-refractivity contribution is 5.73. The molecule has 1 fully saturated rings. The average Bonchev–Trinajstić information content (AvgIpc) is 3.31. The van der Waals surface area contributed by atoms with E-state index < -0.39 is 0 Å². The van der Waals surface area contributed by atoms with E-state index in [-0.39, 0.29) is 17.8 Å².